The number of nitrogens with two attached hydrogens (primary N) is 1. The summed E-state index contributed by atoms with van der Waals surface area (Å²) in [6.45, 7) is 0. The zero-order valence-corrected chi connectivity index (χ0v) is 11.3. The third-order valence-corrected chi connectivity index (χ3v) is 4.25. The second-order valence-electron chi connectivity index (χ2n) is 4.31. The molecule has 1 saturated carbocycles. The number of pyridine rings is 1. The van der Waals surface area contributed by atoms with E-state index in [-0.39, 0.29) is 22.3 Å². The van der Waals surface area contributed by atoms with Crippen LogP contribution in [0.15, 0.2) is 23.4 Å². The molecular weight excluding hydrogens is 276 g/mol. The number of aromatic nitrogens is 1. The van der Waals surface area contributed by atoms with Gasteiger partial charge in [0.1, 0.15) is 6.10 Å². The summed E-state index contributed by atoms with van der Waals surface area (Å²) in [5.41, 5.74) is 0. The summed E-state index contributed by atoms with van der Waals surface area (Å²) in [7, 11) is -3.88. The molecule has 0 bridgehead atoms. The van der Waals surface area contributed by atoms with E-state index in [1.807, 2.05) is 0 Å². The van der Waals surface area contributed by atoms with Crippen LogP contribution in [0.1, 0.15) is 25.7 Å². The van der Waals surface area contributed by atoms with Crippen molar-refractivity contribution >= 4 is 21.6 Å². The topological polar surface area (TPSA) is 82.3 Å². The van der Waals surface area contributed by atoms with Gasteiger partial charge in [-0.3, -0.25) is 0 Å². The minimum absolute atomic E-state index is 0.104. The Kier molecular flexibility index (Phi) is 4.09. The molecule has 18 heavy (non-hydrogen) atoms. The number of primary sulfonamides is 1. The fraction of sp³-hybridized carbons (Fsp3) is 0.545. The number of alkyl halides is 1. The van der Waals surface area contributed by atoms with Crippen molar-refractivity contribution < 1.29 is 13.2 Å². The van der Waals surface area contributed by atoms with Crippen molar-refractivity contribution in [2.24, 2.45) is 5.14 Å². The Morgan fingerprint density at radius 3 is 2.78 bits per heavy atom. The normalized spacial score (nSPS) is 24.8. The van der Waals surface area contributed by atoms with Crippen molar-refractivity contribution in [3.8, 4) is 5.75 Å². The smallest absolute Gasteiger partial charge is 0.259 e. The number of halogens is 1. The number of rotatable bonds is 3. The highest BCUT2D eigenvalue weighted by molar-refractivity contribution is 7.89. The maximum absolute atomic E-state index is 11.4. The lowest BCUT2D eigenvalue weighted by atomic mass is 9.97. The van der Waals surface area contributed by atoms with Gasteiger partial charge in [-0.2, -0.15) is 0 Å². The highest BCUT2D eigenvalue weighted by Gasteiger charge is 2.27. The molecular formula is C11H15ClN2O3S. The molecule has 100 valence electrons. The van der Waals surface area contributed by atoms with Crippen LogP contribution in [-0.2, 0) is 10.0 Å². The van der Waals surface area contributed by atoms with Gasteiger partial charge in [0.05, 0.1) is 5.38 Å². The van der Waals surface area contributed by atoms with E-state index < -0.39 is 10.0 Å². The van der Waals surface area contributed by atoms with Crippen LogP contribution in [0, 0.1) is 0 Å². The Balaban J connectivity index is 2.24. The molecule has 2 atom stereocenters. The van der Waals surface area contributed by atoms with E-state index in [0.717, 1.165) is 25.7 Å². The van der Waals surface area contributed by atoms with E-state index in [4.69, 9.17) is 21.5 Å². The largest absolute Gasteiger partial charge is 0.486 e. The molecule has 0 saturated heterocycles. The lowest BCUT2D eigenvalue weighted by molar-refractivity contribution is 0.154. The molecule has 0 aliphatic heterocycles. The first-order valence-electron chi connectivity index (χ1n) is 5.77. The van der Waals surface area contributed by atoms with E-state index in [9.17, 15) is 8.42 Å². The summed E-state index contributed by atoms with van der Waals surface area (Å²) in [5.74, 6) is 0.178. The Labute approximate surface area is 111 Å². The lowest BCUT2D eigenvalue weighted by Gasteiger charge is -2.28. The minimum Gasteiger partial charge on any atom is -0.486 e. The Morgan fingerprint density at radius 2 is 2.11 bits per heavy atom. The van der Waals surface area contributed by atoms with Crippen LogP contribution in [0.25, 0.3) is 0 Å². The number of hydrogen-bond donors (Lipinski definition) is 1. The molecule has 1 aromatic rings. The van der Waals surface area contributed by atoms with E-state index in [1.54, 1.807) is 12.1 Å². The summed E-state index contributed by atoms with van der Waals surface area (Å²) in [6.07, 6.45) is 4.96. The Bertz CT molecular complexity index is 521. The van der Waals surface area contributed by atoms with Gasteiger partial charge in [-0.15, -0.1) is 11.6 Å². The van der Waals surface area contributed by atoms with Crippen LogP contribution in [-0.4, -0.2) is 24.9 Å². The van der Waals surface area contributed by atoms with Crippen molar-refractivity contribution in [2.75, 3.05) is 0 Å². The van der Waals surface area contributed by atoms with Gasteiger partial charge in [0.25, 0.3) is 10.0 Å². The quantitative estimate of drug-likeness (QED) is 0.858. The Hall–Kier alpha value is -0.850. The predicted octanol–water partition coefficient (Wildman–Crippen LogP) is 1.66. The van der Waals surface area contributed by atoms with Crippen LogP contribution in [0.4, 0.5) is 0 Å². The molecule has 0 aromatic carbocycles. The van der Waals surface area contributed by atoms with Crippen LogP contribution >= 0.6 is 11.6 Å². The molecule has 1 aliphatic carbocycles. The first-order valence-corrected chi connectivity index (χ1v) is 7.75. The van der Waals surface area contributed by atoms with Crippen molar-refractivity contribution in [3.63, 3.8) is 0 Å². The molecule has 1 aromatic heterocycles. The highest BCUT2D eigenvalue weighted by atomic mass is 35.5. The first kappa shape index (κ1) is 13.6. The number of ether oxygens (including phenoxy) is 1. The molecule has 1 heterocycles. The molecule has 2 unspecified atom stereocenters. The number of sulfonamides is 1. The average Bonchev–Trinajstić information content (AvgIpc) is 2.31. The average molecular weight is 291 g/mol. The summed E-state index contributed by atoms with van der Waals surface area (Å²) in [5, 5.41) is 4.75. The SMILES string of the molecule is NS(=O)(=O)c1ncccc1OC1CCCCC1Cl. The molecule has 5 nitrogen and oxygen atoms in total. The summed E-state index contributed by atoms with van der Waals surface area (Å²) in [4.78, 5) is 3.76. The summed E-state index contributed by atoms with van der Waals surface area (Å²) >= 11 is 6.17. The minimum atomic E-state index is -3.88. The fourth-order valence-corrected chi connectivity index (χ4v) is 2.96. The van der Waals surface area contributed by atoms with E-state index >= 15 is 0 Å². The van der Waals surface area contributed by atoms with Crippen LogP contribution in [0.5, 0.6) is 5.75 Å². The molecule has 7 heteroatoms. The maximum atomic E-state index is 11.4. The number of hydrogen-bond acceptors (Lipinski definition) is 4. The van der Waals surface area contributed by atoms with Gasteiger partial charge in [0.2, 0.25) is 5.03 Å². The monoisotopic (exact) mass is 290 g/mol. The van der Waals surface area contributed by atoms with Gasteiger partial charge in [-0.1, -0.05) is 6.42 Å². The Morgan fingerprint density at radius 1 is 1.39 bits per heavy atom. The van der Waals surface area contributed by atoms with E-state index in [0.29, 0.717) is 0 Å². The van der Waals surface area contributed by atoms with Gasteiger partial charge in [-0.05, 0) is 31.4 Å². The van der Waals surface area contributed by atoms with E-state index in [1.165, 1.54) is 6.20 Å². The van der Waals surface area contributed by atoms with Gasteiger partial charge in [-0.25, -0.2) is 18.5 Å². The van der Waals surface area contributed by atoms with Crippen molar-refractivity contribution in [1.29, 1.82) is 0 Å². The zero-order valence-electron chi connectivity index (χ0n) is 9.75. The van der Waals surface area contributed by atoms with Crippen molar-refractivity contribution in [1.82, 2.24) is 4.98 Å². The molecule has 2 rings (SSSR count). The third kappa shape index (κ3) is 3.13. The molecule has 1 fully saturated rings. The van der Waals surface area contributed by atoms with Crippen LogP contribution in [0.2, 0.25) is 0 Å². The zero-order chi connectivity index (χ0) is 13.2. The molecule has 0 radical (unpaired) electrons. The fourth-order valence-electron chi connectivity index (χ4n) is 2.03. The highest BCUT2D eigenvalue weighted by Crippen LogP contribution is 2.29. The van der Waals surface area contributed by atoms with Crippen molar-refractivity contribution in [2.45, 2.75) is 42.2 Å². The lowest BCUT2D eigenvalue weighted by Crippen LogP contribution is -2.31. The second-order valence-corrected chi connectivity index (χ2v) is 6.35. The predicted molar refractivity (Wildman–Crippen MR) is 68.1 cm³/mol. The molecule has 0 spiro atoms. The van der Waals surface area contributed by atoms with Crippen LogP contribution in [0.3, 0.4) is 0 Å². The van der Waals surface area contributed by atoms with Crippen molar-refractivity contribution in [3.05, 3.63) is 18.3 Å². The van der Waals surface area contributed by atoms with Gasteiger partial charge in [0, 0.05) is 6.20 Å². The van der Waals surface area contributed by atoms with Gasteiger partial charge < -0.3 is 4.74 Å². The first-order chi connectivity index (χ1) is 8.48. The van der Waals surface area contributed by atoms with Crippen LogP contribution < -0.4 is 9.88 Å². The molecule has 0 amide bonds. The third-order valence-electron chi connectivity index (χ3n) is 2.91. The maximum Gasteiger partial charge on any atom is 0.259 e. The standard InChI is InChI=1S/C11H15ClN2O3S/c12-8-4-1-2-5-9(8)17-10-6-3-7-14-11(10)18(13,15)16/h3,6-9H,1-2,4-5H2,(H2,13,15,16). The molecule has 1 aliphatic rings. The van der Waals surface area contributed by atoms with E-state index in [2.05, 4.69) is 4.98 Å². The van der Waals surface area contributed by atoms with Gasteiger partial charge >= 0.3 is 0 Å². The van der Waals surface area contributed by atoms with Gasteiger partial charge in [0.15, 0.2) is 5.75 Å². The summed E-state index contributed by atoms with van der Waals surface area (Å²) in [6, 6.07) is 3.15. The summed E-state index contributed by atoms with van der Waals surface area (Å²) < 4.78 is 28.4. The number of nitrogens with zero attached hydrogens (tertiary/aromatic N) is 1. The second kappa shape index (κ2) is 5.42. The molecule has 2 N–H and O–H groups in total.